The highest BCUT2D eigenvalue weighted by Gasteiger charge is 2.25. The van der Waals surface area contributed by atoms with E-state index in [2.05, 4.69) is 10.3 Å². The Hall–Kier alpha value is -2.08. The zero-order valence-corrected chi connectivity index (χ0v) is 14.3. The van der Waals surface area contributed by atoms with E-state index in [0.717, 1.165) is 43.2 Å². The highest BCUT2D eigenvalue weighted by molar-refractivity contribution is 5.91. The van der Waals surface area contributed by atoms with Gasteiger partial charge in [-0.3, -0.25) is 0 Å². The number of oxazole rings is 1. The molecular weight excluding hydrogens is 306 g/mol. The summed E-state index contributed by atoms with van der Waals surface area (Å²) in [6.07, 6.45) is 4.45. The molecule has 0 saturated heterocycles. The second-order valence-corrected chi connectivity index (χ2v) is 6.57. The summed E-state index contributed by atoms with van der Waals surface area (Å²) in [7, 11) is 1.76. The van der Waals surface area contributed by atoms with Crippen LogP contribution in [0.3, 0.4) is 0 Å². The number of urea groups is 1. The molecule has 0 bridgehead atoms. The second kappa shape index (κ2) is 7.21. The van der Waals surface area contributed by atoms with E-state index in [-0.39, 0.29) is 18.1 Å². The molecule has 2 amide bonds. The van der Waals surface area contributed by atoms with E-state index in [1.54, 1.807) is 11.9 Å². The Morgan fingerprint density at radius 1 is 1.42 bits per heavy atom. The van der Waals surface area contributed by atoms with Crippen LogP contribution in [0.15, 0.2) is 22.6 Å². The number of hydrogen-bond donors (Lipinski definition) is 2. The van der Waals surface area contributed by atoms with Crippen LogP contribution in [0.1, 0.15) is 38.5 Å². The zero-order chi connectivity index (χ0) is 17.1. The Balaban J connectivity index is 1.62. The maximum absolute atomic E-state index is 12.4. The van der Waals surface area contributed by atoms with Gasteiger partial charge in [0.05, 0.1) is 6.10 Å². The third-order valence-corrected chi connectivity index (χ3v) is 4.71. The van der Waals surface area contributed by atoms with Gasteiger partial charge in [-0.1, -0.05) is 19.8 Å². The van der Waals surface area contributed by atoms with Gasteiger partial charge in [0.1, 0.15) is 5.52 Å². The van der Waals surface area contributed by atoms with Crippen LogP contribution in [0.25, 0.3) is 11.1 Å². The molecule has 2 atom stereocenters. The first kappa shape index (κ1) is 16.8. The van der Waals surface area contributed by atoms with Gasteiger partial charge in [-0.25, -0.2) is 9.78 Å². The SMILES string of the molecule is CCc1nc2cc(NC(=O)N(C)CC3CCCCC3O)ccc2o1. The van der Waals surface area contributed by atoms with E-state index in [1.165, 1.54) is 0 Å². The van der Waals surface area contributed by atoms with Crippen LogP contribution in [0.4, 0.5) is 10.5 Å². The number of aromatic nitrogens is 1. The molecule has 2 unspecified atom stereocenters. The Morgan fingerprint density at radius 2 is 2.21 bits per heavy atom. The number of nitrogens with zero attached hydrogens (tertiary/aromatic N) is 2. The summed E-state index contributed by atoms with van der Waals surface area (Å²) in [4.78, 5) is 18.4. The predicted molar refractivity (Wildman–Crippen MR) is 93.0 cm³/mol. The molecule has 2 aromatic rings. The molecule has 6 heteroatoms. The van der Waals surface area contributed by atoms with Gasteiger partial charge in [0.25, 0.3) is 0 Å². The second-order valence-electron chi connectivity index (χ2n) is 6.57. The normalized spacial score (nSPS) is 21.0. The number of aliphatic hydroxyl groups excluding tert-OH is 1. The van der Waals surface area contributed by atoms with Gasteiger partial charge in [0.15, 0.2) is 11.5 Å². The van der Waals surface area contributed by atoms with Crippen molar-refractivity contribution in [2.24, 2.45) is 5.92 Å². The van der Waals surface area contributed by atoms with Crippen LogP contribution in [-0.2, 0) is 6.42 Å². The maximum Gasteiger partial charge on any atom is 0.321 e. The first-order valence-corrected chi connectivity index (χ1v) is 8.66. The summed E-state index contributed by atoms with van der Waals surface area (Å²) in [5.41, 5.74) is 2.16. The monoisotopic (exact) mass is 331 g/mol. The molecular formula is C18H25N3O3. The van der Waals surface area contributed by atoms with Gasteiger partial charge in [0, 0.05) is 31.6 Å². The van der Waals surface area contributed by atoms with Crippen molar-refractivity contribution in [3.63, 3.8) is 0 Å². The smallest absolute Gasteiger partial charge is 0.321 e. The maximum atomic E-state index is 12.4. The largest absolute Gasteiger partial charge is 0.441 e. The van der Waals surface area contributed by atoms with Gasteiger partial charge in [-0.15, -0.1) is 0 Å². The van der Waals surface area contributed by atoms with Crippen molar-refractivity contribution in [2.75, 3.05) is 18.9 Å². The molecule has 1 saturated carbocycles. The van der Waals surface area contributed by atoms with Gasteiger partial charge in [-0.05, 0) is 31.0 Å². The summed E-state index contributed by atoms with van der Waals surface area (Å²) in [6, 6.07) is 5.28. The van der Waals surface area contributed by atoms with E-state index < -0.39 is 0 Å². The molecule has 1 heterocycles. The number of aryl methyl sites for hydroxylation is 1. The number of carbonyl (C=O) groups is 1. The molecule has 3 rings (SSSR count). The fourth-order valence-corrected chi connectivity index (χ4v) is 3.26. The quantitative estimate of drug-likeness (QED) is 0.900. The first-order chi connectivity index (χ1) is 11.6. The fourth-order valence-electron chi connectivity index (χ4n) is 3.26. The lowest BCUT2D eigenvalue weighted by molar-refractivity contribution is 0.0575. The van der Waals surface area contributed by atoms with Crippen LogP contribution >= 0.6 is 0 Å². The van der Waals surface area contributed by atoms with Gasteiger partial charge in [-0.2, -0.15) is 0 Å². The Bertz CT molecular complexity index is 713. The van der Waals surface area contributed by atoms with Gasteiger partial charge in [0.2, 0.25) is 0 Å². The fraction of sp³-hybridized carbons (Fsp3) is 0.556. The molecule has 1 aromatic carbocycles. The average Bonchev–Trinajstić information content (AvgIpc) is 2.99. The summed E-state index contributed by atoms with van der Waals surface area (Å²) < 4.78 is 5.57. The van der Waals surface area contributed by atoms with Crippen molar-refractivity contribution in [2.45, 2.75) is 45.1 Å². The number of rotatable bonds is 4. The van der Waals surface area contributed by atoms with Crippen molar-refractivity contribution in [3.8, 4) is 0 Å². The Morgan fingerprint density at radius 3 is 2.96 bits per heavy atom. The molecule has 0 radical (unpaired) electrons. The lowest BCUT2D eigenvalue weighted by Crippen LogP contribution is -2.40. The van der Waals surface area contributed by atoms with E-state index in [4.69, 9.17) is 4.42 Å². The number of amides is 2. The van der Waals surface area contributed by atoms with Crippen LogP contribution in [0.2, 0.25) is 0 Å². The van der Waals surface area contributed by atoms with E-state index in [1.807, 2.05) is 25.1 Å². The number of hydrogen-bond acceptors (Lipinski definition) is 4. The molecule has 24 heavy (non-hydrogen) atoms. The molecule has 1 aliphatic rings. The minimum atomic E-state index is -0.298. The zero-order valence-electron chi connectivity index (χ0n) is 14.3. The predicted octanol–water partition coefficient (Wildman–Crippen LogP) is 3.41. The van der Waals surface area contributed by atoms with Gasteiger partial charge < -0.3 is 19.7 Å². The number of fused-ring (bicyclic) bond motifs is 1. The van der Waals surface area contributed by atoms with Crippen molar-refractivity contribution < 1.29 is 14.3 Å². The van der Waals surface area contributed by atoms with Gasteiger partial charge >= 0.3 is 6.03 Å². The van der Waals surface area contributed by atoms with Crippen molar-refractivity contribution in [1.82, 2.24) is 9.88 Å². The van der Waals surface area contributed by atoms with E-state index in [0.29, 0.717) is 18.1 Å². The number of aliphatic hydroxyl groups is 1. The number of benzene rings is 1. The van der Waals surface area contributed by atoms with Crippen LogP contribution in [-0.4, -0.2) is 40.7 Å². The minimum Gasteiger partial charge on any atom is -0.441 e. The molecule has 0 spiro atoms. The summed E-state index contributed by atoms with van der Waals surface area (Å²) in [5, 5.41) is 12.9. The highest BCUT2D eigenvalue weighted by atomic mass is 16.3. The van der Waals surface area contributed by atoms with E-state index >= 15 is 0 Å². The number of nitrogens with one attached hydrogen (secondary N) is 1. The molecule has 0 aliphatic heterocycles. The minimum absolute atomic E-state index is 0.166. The average molecular weight is 331 g/mol. The molecule has 6 nitrogen and oxygen atoms in total. The standard InChI is InChI=1S/C18H25N3O3/c1-3-17-20-14-10-13(8-9-16(14)24-17)19-18(23)21(2)11-12-6-4-5-7-15(12)22/h8-10,12,15,22H,3-7,11H2,1-2H3,(H,19,23). The third-order valence-electron chi connectivity index (χ3n) is 4.71. The highest BCUT2D eigenvalue weighted by Crippen LogP contribution is 2.25. The number of anilines is 1. The summed E-state index contributed by atoms with van der Waals surface area (Å²) in [6.45, 7) is 2.56. The molecule has 1 aliphatic carbocycles. The first-order valence-electron chi connectivity index (χ1n) is 8.66. The topological polar surface area (TPSA) is 78.6 Å². The Labute approximate surface area is 141 Å². The van der Waals surface area contributed by atoms with E-state index in [9.17, 15) is 9.90 Å². The number of carbonyl (C=O) groups excluding carboxylic acids is 1. The molecule has 2 N–H and O–H groups in total. The third kappa shape index (κ3) is 3.70. The van der Waals surface area contributed by atoms with Crippen molar-refractivity contribution in [1.29, 1.82) is 0 Å². The van der Waals surface area contributed by atoms with Crippen molar-refractivity contribution in [3.05, 3.63) is 24.1 Å². The molecule has 1 aromatic heterocycles. The van der Waals surface area contributed by atoms with Crippen LogP contribution in [0.5, 0.6) is 0 Å². The van der Waals surface area contributed by atoms with Crippen LogP contribution in [0, 0.1) is 5.92 Å². The molecule has 1 fully saturated rings. The van der Waals surface area contributed by atoms with Crippen LogP contribution < -0.4 is 5.32 Å². The summed E-state index contributed by atoms with van der Waals surface area (Å²) in [5.74, 6) is 0.858. The van der Waals surface area contributed by atoms with Crippen molar-refractivity contribution >= 4 is 22.8 Å². The summed E-state index contributed by atoms with van der Waals surface area (Å²) >= 11 is 0. The molecule has 130 valence electrons. The lowest BCUT2D eigenvalue weighted by Gasteiger charge is -2.31. The Kier molecular flexibility index (Phi) is 5.04. The lowest BCUT2D eigenvalue weighted by atomic mass is 9.86.